The number of amides is 1. The van der Waals surface area contributed by atoms with E-state index >= 15 is 0 Å². The highest BCUT2D eigenvalue weighted by Gasteiger charge is 2.28. The number of aryl methyl sites for hydroxylation is 1. The predicted molar refractivity (Wildman–Crippen MR) is 68.4 cm³/mol. The van der Waals surface area contributed by atoms with E-state index in [9.17, 15) is 4.79 Å². The van der Waals surface area contributed by atoms with Crippen LogP contribution in [0, 0.1) is 12.8 Å². The molecule has 0 saturated carbocycles. The van der Waals surface area contributed by atoms with E-state index in [1.54, 1.807) is 11.3 Å². The normalized spacial score (nSPS) is 25.8. The smallest absolute Gasteiger partial charge is 0.254 e. The van der Waals surface area contributed by atoms with Gasteiger partial charge in [0.2, 0.25) is 0 Å². The Morgan fingerprint density at radius 1 is 1.56 bits per heavy atom. The largest absolute Gasteiger partial charge is 0.338 e. The van der Waals surface area contributed by atoms with Gasteiger partial charge in [-0.15, -0.1) is 11.6 Å². The van der Waals surface area contributed by atoms with E-state index in [0.29, 0.717) is 5.92 Å². The zero-order valence-corrected chi connectivity index (χ0v) is 11.1. The van der Waals surface area contributed by atoms with Gasteiger partial charge in [-0.1, -0.05) is 6.92 Å². The third kappa shape index (κ3) is 2.25. The molecule has 88 valence electrons. The monoisotopic (exact) mass is 257 g/mol. The summed E-state index contributed by atoms with van der Waals surface area (Å²) >= 11 is 7.74. The second-order valence-electron chi connectivity index (χ2n) is 4.50. The van der Waals surface area contributed by atoms with Crippen molar-refractivity contribution in [1.82, 2.24) is 4.90 Å². The average molecular weight is 258 g/mol. The minimum Gasteiger partial charge on any atom is -0.338 e. The summed E-state index contributed by atoms with van der Waals surface area (Å²) < 4.78 is 0. The van der Waals surface area contributed by atoms with Gasteiger partial charge in [0.05, 0.1) is 5.56 Å². The van der Waals surface area contributed by atoms with Crippen molar-refractivity contribution in [1.29, 1.82) is 0 Å². The van der Waals surface area contributed by atoms with Crippen LogP contribution in [0.3, 0.4) is 0 Å². The number of alkyl halides is 1. The van der Waals surface area contributed by atoms with Gasteiger partial charge in [-0.3, -0.25) is 4.79 Å². The van der Waals surface area contributed by atoms with Gasteiger partial charge in [-0.25, -0.2) is 0 Å². The molecular formula is C12H16ClNOS. The third-order valence-corrected chi connectivity index (χ3v) is 4.68. The first-order valence-electron chi connectivity index (χ1n) is 5.55. The topological polar surface area (TPSA) is 20.3 Å². The number of rotatable bonds is 1. The van der Waals surface area contributed by atoms with Gasteiger partial charge in [0.1, 0.15) is 0 Å². The first-order chi connectivity index (χ1) is 7.59. The van der Waals surface area contributed by atoms with Crippen LogP contribution in [0.4, 0.5) is 0 Å². The number of piperidine rings is 1. The van der Waals surface area contributed by atoms with Crippen molar-refractivity contribution in [3.8, 4) is 0 Å². The number of likely N-dealkylation sites (tertiary alicyclic amines) is 1. The number of carbonyl (C=O) groups excluding carboxylic acids is 1. The number of nitrogens with zero attached hydrogens (tertiary/aromatic N) is 1. The van der Waals surface area contributed by atoms with E-state index < -0.39 is 0 Å². The molecule has 2 heterocycles. The zero-order chi connectivity index (χ0) is 11.7. The Balaban J connectivity index is 2.09. The number of hydrogen-bond acceptors (Lipinski definition) is 2. The molecule has 2 unspecified atom stereocenters. The first kappa shape index (κ1) is 11.9. The number of halogens is 1. The molecule has 2 atom stereocenters. The maximum Gasteiger partial charge on any atom is 0.254 e. The molecule has 2 nitrogen and oxygen atoms in total. The van der Waals surface area contributed by atoms with Gasteiger partial charge in [0.25, 0.3) is 5.91 Å². The Morgan fingerprint density at radius 2 is 2.31 bits per heavy atom. The fourth-order valence-electron chi connectivity index (χ4n) is 2.05. The molecule has 0 spiro atoms. The second-order valence-corrected chi connectivity index (χ2v) is 5.81. The molecular weight excluding hydrogens is 242 g/mol. The quantitative estimate of drug-likeness (QED) is 0.708. The van der Waals surface area contributed by atoms with Crippen molar-refractivity contribution in [3.05, 3.63) is 21.9 Å². The van der Waals surface area contributed by atoms with Crippen LogP contribution >= 0.6 is 22.9 Å². The number of thiophene rings is 1. The predicted octanol–water partition coefficient (Wildman–Crippen LogP) is 3.15. The molecule has 4 heteroatoms. The van der Waals surface area contributed by atoms with E-state index in [-0.39, 0.29) is 11.3 Å². The van der Waals surface area contributed by atoms with Gasteiger partial charge in [0, 0.05) is 23.8 Å². The molecule has 2 rings (SSSR count). The van der Waals surface area contributed by atoms with Gasteiger partial charge in [0.15, 0.2) is 0 Å². The van der Waals surface area contributed by atoms with Crippen molar-refractivity contribution in [2.24, 2.45) is 5.92 Å². The van der Waals surface area contributed by atoms with E-state index in [0.717, 1.165) is 30.6 Å². The van der Waals surface area contributed by atoms with Crippen LogP contribution in [0.2, 0.25) is 0 Å². The van der Waals surface area contributed by atoms with Crippen LogP contribution in [-0.4, -0.2) is 29.3 Å². The van der Waals surface area contributed by atoms with Crippen molar-refractivity contribution >= 4 is 28.8 Å². The highest BCUT2D eigenvalue weighted by molar-refractivity contribution is 7.08. The first-order valence-corrected chi connectivity index (χ1v) is 6.93. The van der Waals surface area contributed by atoms with Crippen LogP contribution in [0.25, 0.3) is 0 Å². The fourth-order valence-corrected chi connectivity index (χ4v) is 3.05. The van der Waals surface area contributed by atoms with Crippen molar-refractivity contribution in [2.75, 3.05) is 13.1 Å². The molecule has 0 radical (unpaired) electrons. The lowest BCUT2D eigenvalue weighted by molar-refractivity contribution is 0.0687. The molecule has 1 aliphatic heterocycles. The Kier molecular flexibility index (Phi) is 3.55. The number of hydrogen-bond donors (Lipinski definition) is 0. The molecule has 1 fully saturated rings. The maximum absolute atomic E-state index is 12.2. The minimum atomic E-state index is 0.161. The third-order valence-electron chi connectivity index (χ3n) is 3.17. The van der Waals surface area contributed by atoms with E-state index in [2.05, 4.69) is 6.92 Å². The standard InChI is InChI=1S/C12H16ClNOS/c1-8-5-14(4-3-11(8)13)12(15)10-7-16-6-9(10)2/h6-8,11H,3-5H2,1-2H3. The molecule has 0 bridgehead atoms. The molecule has 1 aliphatic rings. The second kappa shape index (κ2) is 4.76. The molecule has 0 aromatic carbocycles. The Morgan fingerprint density at radius 3 is 2.88 bits per heavy atom. The Bertz CT molecular complexity index is 390. The van der Waals surface area contributed by atoms with E-state index in [1.165, 1.54) is 0 Å². The van der Waals surface area contributed by atoms with E-state index in [4.69, 9.17) is 11.6 Å². The van der Waals surface area contributed by atoms with Gasteiger partial charge < -0.3 is 4.90 Å². The summed E-state index contributed by atoms with van der Waals surface area (Å²) in [7, 11) is 0. The average Bonchev–Trinajstić information content (AvgIpc) is 2.67. The lowest BCUT2D eigenvalue weighted by atomic mass is 9.99. The Hall–Kier alpha value is -0.540. The summed E-state index contributed by atoms with van der Waals surface area (Å²) in [5.74, 6) is 0.549. The van der Waals surface area contributed by atoms with E-state index in [1.807, 2.05) is 22.6 Å². The molecule has 0 aliphatic carbocycles. The van der Waals surface area contributed by atoms with Gasteiger partial charge >= 0.3 is 0 Å². The van der Waals surface area contributed by atoms with Crippen molar-refractivity contribution in [3.63, 3.8) is 0 Å². The molecule has 1 aromatic rings. The van der Waals surface area contributed by atoms with Crippen LogP contribution < -0.4 is 0 Å². The van der Waals surface area contributed by atoms with Crippen molar-refractivity contribution < 1.29 is 4.79 Å². The van der Waals surface area contributed by atoms with Gasteiger partial charge in [-0.2, -0.15) is 11.3 Å². The summed E-state index contributed by atoms with van der Waals surface area (Å²) in [6.07, 6.45) is 0.900. The van der Waals surface area contributed by atoms with Crippen molar-refractivity contribution in [2.45, 2.75) is 25.6 Å². The number of carbonyl (C=O) groups is 1. The van der Waals surface area contributed by atoms with Crippen LogP contribution in [0.1, 0.15) is 29.3 Å². The zero-order valence-electron chi connectivity index (χ0n) is 9.57. The maximum atomic E-state index is 12.2. The summed E-state index contributed by atoms with van der Waals surface area (Å²) in [6, 6.07) is 0. The molecule has 1 aromatic heterocycles. The molecule has 16 heavy (non-hydrogen) atoms. The summed E-state index contributed by atoms with van der Waals surface area (Å²) in [4.78, 5) is 14.2. The summed E-state index contributed by atoms with van der Waals surface area (Å²) in [5, 5.41) is 4.17. The lowest BCUT2D eigenvalue weighted by Crippen LogP contribution is -2.43. The van der Waals surface area contributed by atoms with Crippen LogP contribution in [0.5, 0.6) is 0 Å². The highest BCUT2D eigenvalue weighted by atomic mass is 35.5. The molecule has 1 amide bonds. The Labute approximate surface area is 105 Å². The minimum absolute atomic E-state index is 0.161. The SMILES string of the molecule is Cc1cscc1C(=O)N1CCC(Cl)C(C)C1. The summed E-state index contributed by atoms with van der Waals surface area (Å²) in [5.41, 5.74) is 1.93. The molecule has 1 saturated heterocycles. The van der Waals surface area contributed by atoms with Crippen LogP contribution in [-0.2, 0) is 0 Å². The fraction of sp³-hybridized carbons (Fsp3) is 0.583. The highest BCUT2D eigenvalue weighted by Crippen LogP contribution is 2.24. The van der Waals surface area contributed by atoms with Gasteiger partial charge in [-0.05, 0) is 30.2 Å². The van der Waals surface area contributed by atoms with Crippen LogP contribution in [0.15, 0.2) is 10.8 Å². The summed E-state index contributed by atoms with van der Waals surface area (Å²) in [6.45, 7) is 5.66. The lowest BCUT2D eigenvalue weighted by Gasteiger charge is -2.34. The molecule has 0 N–H and O–H groups in total.